The highest BCUT2D eigenvalue weighted by atomic mass is 14.8. The molecule has 1 nitrogen and oxygen atoms in total. The van der Waals surface area contributed by atoms with Crippen molar-refractivity contribution in [2.45, 2.75) is 32.6 Å². The molecule has 0 heterocycles. The number of allylic oxidation sites excluding steroid dienone is 3. The van der Waals surface area contributed by atoms with Gasteiger partial charge in [-0.15, -0.1) is 0 Å². The Labute approximate surface area is 86.3 Å². The quantitative estimate of drug-likeness (QED) is 0.656. The van der Waals surface area contributed by atoms with Crippen LogP contribution in [0, 0.1) is 17.3 Å². The summed E-state index contributed by atoms with van der Waals surface area (Å²) in [6.07, 6.45) is 12.4. The van der Waals surface area contributed by atoms with Gasteiger partial charge in [-0.2, -0.15) is 0 Å². The van der Waals surface area contributed by atoms with Crippen LogP contribution in [0.2, 0.25) is 0 Å². The Balaban J connectivity index is 1.40. The van der Waals surface area contributed by atoms with Crippen LogP contribution < -0.4 is 5.32 Å². The Morgan fingerprint density at radius 2 is 2.57 bits per heavy atom. The first-order chi connectivity index (χ1) is 6.87. The van der Waals surface area contributed by atoms with Gasteiger partial charge in [0.25, 0.3) is 0 Å². The normalized spacial score (nSPS) is 41.9. The Bertz CT molecular complexity index is 302. The summed E-state index contributed by atoms with van der Waals surface area (Å²) in [6.45, 7) is 3.16. The fourth-order valence-corrected chi connectivity index (χ4v) is 3.13. The number of nitrogens with one attached hydrogen (secondary N) is 1. The van der Waals surface area contributed by atoms with Crippen LogP contribution in [0.4, 0.5) is 0 Å². The van der Waals surface area contributed by atoms with Crippen LogP contribution in [0.25, 0.3) is 0 Å². The van der Waals surface area contributed by atoms with E-state index in [0.29, 0.717) is 0 Å². The van der Waals surface area contributed by atoms with Crippen molar-refractivity contribution < 1.29 is 0 Å². The summed E-state index contributed by atoms with van der Waals surface area (Å²) in [5.74, 6) is 2.18. The molecule has 3 aliphatic rings. The Morgan fingerprint density at radius 3 is 3.21 bits per heavy atom. The van der Waals surface area contributed by atoms with Crippen molar-refractivity contribution in [2.75, 3.05) is 6.54 Å². The molecule has 1 heteroatoms. The number of hydrogen-bond acceptors (Lipinski definition) is 1. The first-order valence-electron chi connectivity index (χ1n) is 5.95. The second-order valence-electron chi connectivity index (χ2n) is 5.07. The van der Waals surface area contributed by atoms with Gasteiger partial charge in [-0.3, -0.25) is 0 Å². The van der Waals surface area contributed by atoms with Crippen molar-refractivity contribution in [3.05, 3.63) is 23.9 Å². The molecule has 1 spiro atoms. The fraction of sp³-hybridized carbons (Fsp3) is 0.692. The van der Waals surface area contributed by atoms with Gasteiger partial charge in [-0.05, 0) is 56.1 Å². The van der Waals surface area contributed by atoms with E-state index >= 15 is 0 Å². The van der Waals surface area contributed by atoms with Crippen molar-refractivity contribution in [1.82, 2.24) is 5.32 Å². The van der Waals surface area contributed by atoms with E-state index in [9.17, 15) is 0 Å². The first-order valence-corrected chi connectivity index (χ1v) is 5.95. The molecule has 14 heavy (non-hydrogen) atoms. The van der Waals surface area contributed by atoms with Gasteiger partial charge in [-0.1, -0.05) is 17.7 Å². The lowest BCUT2D eigenvalue weighted by atomic mass is 10.1. The predicted octanol–water partition coefficient (Wildman–Crippen LogP) is 2.86. The van der Waals surface area contributed by atoms with Gasteiger partial charge in [0.05, 0.1) is 0 Å². The van der Waals surface area contributed by atoms with E-state index in [1.807, 2.05) is 0 Å². The minimum atomic E-state index is 0.862. The molecule has 3 unspecified atom stereocenters. The molecule has 0 aromatic carbocycles. The second-order valence-corrected chi connectivity index (χ2v) is 5.07. The van der Waals surface area contributed by atoms with Crippen LogP contribution >= 0.6 is 0 Å². The molecule has 1 N–H and O–H groups in total. The van der Waals surface area contributed by atoms with E-state index in [2.05, 4.69) is 30.6 Å². The number of rotatable bonds is 5. The minimum absolute atomic E-state index is 0.862. The molecule has 3 rings (SSSR count). The molecule has 0 aromatic heterocycles. The zero-order valence-electron chi connectivity index (χ0n) is 8.92. The molecule has 0 saturated heterocycles. The smallest absolute Gasteiger partial charge is 0.0112 e. The summed E-state index contributed by atoms with van der Waals surface area (Å²) in [5.41, 5.74) is 2.60. The largest absolute Gasteiger partial charge is 0.391 e. The zero-order valence-corrected chi connectivity index (χ0v) is 8.92. The standard InChI is InChI=1S/C13H19N/c1-2-14-6-4-3-5-10-7-11-12-9-13(11,12)8-10/h4,6-7,11-12,14H,2-3,5,8-9H2,1H3/b6-4-. The first kappa shape index (κ1) is 8.58. The van der Waals surface area contributed by atoms with Crippen LogP contribution in [0.15, 0.2) is 23.9 Å². The Hall–Kier alpha value is -0.720. The Kier molecular flexibility index (Phi) is 1.77. The van der Waals surface area contributed by atoms with Crippen LogP contribution in [0.3, 0.4) is 0 Å². The topological polar surface area (TPSA) is 12.0 Å². The number of fused-ring (bicyclic) bond motifs is 1. The van der Waals surface area contributed by atoms with Gasteiger partial charge in [0.2, 0.25) is 0 Å². The summed E-state index contributed by atoms with van der Waals surface area (Å²) in [7, 11) is 0. The van der Waals surface area contributed by atoms with Crippen LogP contribution in [-0.4, -0.2) is 6.54 Å². The van der Waals surface area contributed by atoms with Gasteiger partial charge in [0, 0.05) is 6.54 Å². The van der Waals surface area contributed by atoms with Crippen molar-refractivity contribution in [1.29, 1.82) is 0 Å². The molecule has 76 valence electrons. The van der Waals surface area contributed by atoms with Gasteiger partial charge in [0.15, 0.2) is 0 Å². The predicted molar refractivity (Wildman–Crippen MR) is 58.8 cm³/mol. The maximum absolute atomic E-state index is 3.21. The SMILES string of the molecule is CCN/C=C\CCC1=CC2C3CC23C1. The van der Waals surface area contributed by atoms with Crippen molar-refractivity contribution >= 4 is 0 Å². The summed E-state index contributed by atoms with van der Waals surface area (Å²) in [4.78, 5) is 0. The van der Waals surface area contributed by atoms with Crippen LogP contribution in [0.5, 0.6) is 0 Å². The van der Waals surface area contributed by atoms with E-state index < -0.39 is 0 Å². The minimum Gasteiger partial charge on any atom is -0.391 e. The van der Waals surface area contributed by atoms with E-state index in [4.69, 9.17) is 0 Å². The zero-order chi connectivity index (χ0) is 9.60. The Morgan fingerprint density at radius 1 is 1.64 bits per heavy atom. The molecule has 0 bridgehead atoms. The molecular formula is C13H19N. The monoisotopic (exact) mass is 189 g/mol. The maximum Gasteiger partial charge on any atom is 0.0112 e. The highest BCUT2D eigenvalue weighted by molar-refractivity contribution is 5.41. The van der Waals surface area contributed by atoms with E-state index in [1.54, 1.807) is 12.0 Å². The average molecular weight is 189 g/mol. The third kappa shape index (κ3) is 1.14. The van der Waals surface area contributed by atoms with Crippen molar-refractivity contribution in [3.63, 3.8) is 0 Å². The molecular weight excluding hydrogens is 170 g/mol. The van der Waals surface area contributed by atoms with E-state index in [1.165, 1.54) is 19.3 Å². The van der Waals surface area contributed by atoms with Gasteiger partial charge >= 0.3 is 0 Å². The van der Waals surface area contributed by atoms with Gasteiger partial charge in [0.1, 0.15) is 0 Å². The highest BCUT2D eigenvalue weighted by Crippen LogP contribution is 2.85. The van der Waals surface area contributed by atoms with Crippen LogP contribution in [-0.2, 0) is 0 Å². The lowest BCUT2D eigenvalue weighted by Gasteiger charge is -2.00. The van der Waals surface area contributed by atoms with Crippen LogP contribution in [0.1, 0.15) is 32.6 Å². The molecule has 0 aromatic rings. The molecule has 3 atom stereocenters. The van der Waals surface area contributed by atoms with E-state index in [0.717, 1.165) is 23.8 Å². The molecule has 0 radical (unpaired) electrons. The summed E-state index contributed by atoms with van der Waals surface area (Å²) < 4.78 is 0. The summed E-state index contributed by atoms with van der Waals surface area (Å²) in [5, 5.41) is 3.21. The van der Waals surface area contributed by atoms with Crippen molar-refractivity contribution in [3.8, 4) is 0 Å². The molecule has 2 saturated carbocycles. The van der Waals surface area contributed by atoms with Gasteiger partial charge in [-0.25, -0.2) is 0 Å². The molecule has 0 aliphatic heterocycles. The second kappa shape index (κ2) is 2.88. The molecule has 2 fully saturated rings. The summed E-state index contributed by atoms with van der Waals surface area (Å²) >= 11 is 0. The lowest BCUT2D eigenvalue weighted by Crippen LogP contribution is -2.01. The summed E-state index contributed by atoms with van der Waals surface area (Å²) in [6, 6.07) is 0. The maximum atomic E-state index is 3.21. The molecule has 0 amide bonds. The fourth-order valence-electron chi connectivity index (χ4n) is 3.13. The molecule has 3 aliphatic carbocycles. The van der Waals surface area contributed by atoms with Crippen molar-refractivity contribution in [2.24, 2.45) is 17.3 Å². The third-order valence-corrected chi connectivity index (χ3v) is 4.21. The number of hydrogen-bond donors (Lipinski definition) is 1. The van der Waals surface area contributed by atoms with E-state index in [-0.39, 0.29) is 0 Å². The van der Waals surface area contributed by atoms with Gasteiger partial charge < -0.3 is 5.32 Å². The average Bonchev–Trinajstić information content (AvgIpc) is 2.99. The lowest BCUT2D eigenvalue weighted by molar-refractivity contribution is 0.592. The third-order valence-electron chi connectivity index (χ3n) is 4.21. The highest BCUT2D eigenvalue weighted by Gasteiger charge is 2.78.